The number of amides is 1. The second-order valence-electron chi connectivity index (χ2n) is 5.53. The normalized spacial score (nSPS) is 16.0. The molecule has 2 rings (SSSR count). The third-order valence-electron chi connectivity index (χ3n) is 3.88. The highest BCUT2D eigenvalue weighted by molar-refractivity contribution is 5.94. The van der Waals surface area contributed by atoms with Gasteiger partial charge in [-0.3, -0.25) is 9.69 Å². The third kappa shape index (κ3) is 4.52. The number of methoxy groups -OCH3 is 1. The van der Waals surface area contributed by atoms with Gasteiger partial charge in [0.1, 0.15) is 0 Å². The number of rotatable bonds is 8. The van der Waals surface area contributed by atoms with Crippen LogP contribution in [0.25, 0.3) is 0 Å². The molecular formula is C16H25N3O2. The zero-order valence-electron chi connectivity index (χ0n) is 12.8. The van der Waals surface area contributed by atoms with E-state index in [9.17, 15) is 4.79 Å². The Hall–Kier alpha value is -1.43. The molecule has 116 valence electrons. The molecule has 5 nitrogen and oxygen atoms in total. The molecule has 5 heteroatoms. The molecule has 0 bridgehead atoms. The zero-order valence-corrected chi connectivity index (χ0v) is 12.8. The number of ether oxygens (including phenoxy) is 1. The van der Waals surface area contributed by atoms with Crippen molar-refractivity contribution in [2.75, 3.05) is 25.6 Å². The van der Waals surface area contributed by atoms with Gasteiger partial charge in [0.2, 0.25) is 5.91 Å². The zero-order chi connectivity index (χ0) is 15.2. The number of nitrogens with two attached hydrogens (primary N) is 1. The van der Waals surface area contributed by atoms with Crippen molar-refractivity contribution in [3.05, 3.63) is 29.8 Å². The summed E-state index contributed by atoms with van der Waals surface area (Å²) in [7, 11) is 1.69. The van der Waals surface area contributed by atoms with Gasteiger partial charge in [-0.25, -0.2) is 0 Å². The number of carbonyl (C=O) groups is 1. The van der Waals surface area contributed by atoms with Gasteiger partial charge < -0.3 is 15.8 Å². The molecule has 0 saturated heterocycles. The van der Waals surface area contributed by atoms with E-state index in [1.807, 2.05) is 31.2 Å². The van der Waals surface area contributed by atoms with Gasteiger partial charge in [-0.15, -0.1) is 0 Å². The van der Waals surface area contributed by atoms with Crippen molar-refractivity contribution in [2.45, 2.75) is 38.4 Å². The van der Waals surface area contributed by atoms with E-state index in [2.05, 4.69) is 10.2 Å². The molecule has 1 aromatic rings. The Morgan fingerprint density at radius 2 is 2.29 bits per heavy atom. The molecule has 3 N–H and O–H groups in total. The molecule has 1 atom stereocenters. The lowest BCUT2D eigenvalue weighted by Gasteiger charge is -2.28. The van der Waals surface area contributed by atoms with Crippen molar-refractivity contribution in [1.29, 1.82) is 0 Å². The van der Waals surface area contributed by atoms with E-state index in [0.29, 0.717) is 19.2 Å². The topological polar surface area (TPSA) is 67.6 Å². The fraction of sp³-hybridized carbons (Fsp3) is 0.562. The van der Waals surface area contributed by atoms with Gasteiger partial charge >= 0.3 is 0 Å². The summed E-state index contributed by atoms with van der Waals surface area (Å²) in [6.45, 7) is 3.87. The number of benzene rings is 1. The molecule has 1 fully saturated rings. The number of nitrogens with one attached hydrogen (secondary N) is 1. The van der Waals surface area contributed by atoms with Crippen LogP contribution >= 0.6 is 0 Å². The van der Waals surface area contributed by atoms with Crippen LogP contribution in [-0.2, 0) is 16.1 Å². The average Bonchev–Trinajstić information content (AvgIpc) is 3.32. The van der Waals surface area contributed by atoms with E-state index in [-0.39, 0.29) is 11.9 Å². The number of hydrogen-bond donors (Lipinski definition) is 2. The first-order chi connectivity index (χ1) is 10.2. The minimum Gasteiger partial charge on any atom is -0.383 e. The Kier molecular flexibility index (Phi) is 5.73. The summed E-state index contributed by atoms with van der Waals surface area (Å²) >= 11 is 0. The molecule has 0 spiro atoms. The molecule has 1 aliphatic carbocycles. The lowest BCUT2D eigenvalue weighted by Crippen LogP contribution is -2.44. The highest BCUT2D eigenvalue weighted by Gasteiger charge is 2.34. The Morgan fingerprint density at radius 3 is 2.90 bits per heavy atom. The van der Waals surface area contributed by atoms with Crippen LogP contribution < -0.4 is 11.1 Å². The number of nitrogens with zero attached hydrogens (tertiary/aromatic N) is 1. The second-order valence-corrected chi connectivity index (χ2v) is 5.53. The fourth-order valence-electron chi connectivity index (χ4n) is 2.47. The number of carbonyl (C=O) groups excluding carboxylic acids is 1. The van der Waals surface area contributed by atoms with Crippen molar-refractivity contribution in [3.8, 4) is 0 Å². The summed E-state index contributed by atoms with van der Waals surface area (Å²) < 4.78 is 5.14. The fourth-order valence-corrected chi connectivity index (χ4v) is 2.47. The summed E-state index contributed by atoms with van der Waals surface area (Å²) in [6.07, 6.45) is 2.34. The maximum absolute atomic E-state index is 12.4. The van der Waals surface area contributed by atoms with E-state index >= 15 is 0 Å². The van der Waals surface area contributed by atoms with Gasteiger partial charge in [0.05, 0.1) is 12.6 Å². The smallest absolute Gasteiger partial charge is 0.241 e. The van der Waals surface area contributed by atoms with E-state index in [1.165, 1.54) is 12.8 Å². The first kappa shape index (κ1) is 15.9. The van der Waals surface area contributed by atoms with Crippen molar-refractivity contribution < 1.29 is 9.53 Å². The van der Waals surface area contributed by atoms with Crippen LogP contribution in [0.3, 0.4) is 0 Å². The van der Waals surface area contributed by atoms with Crippen LogP contribution in [0, 0.1) is 0 Å². The quantitative estimate of drug-likeness (QED) is 0.763. The molecular weight excluding hydrogens is 266 g/mol. The lowest BCUT2D eigenvalue weighted by atomic mass is 10.2. The highest BCUT2D eigenvalue weighted by atomic mass is 16.5. The maximum atomic E-state index is 12.4. The van der Waals surface area contributed by atoms with E-state index in [1.54, 1.807) is 7.11 Å². The van der Waals surface area contributed by atoms with Crippen molar-refractivity contribution in [2.24, 2.45) is 5.73 Å². The standard InChI is InChI=1S/C16H25N3O2/c1-12(19(8-9-21-2)15-6-7-15)16(20)18-14-5-3-4-13(10-14)11-17/h3-5,10,12,15H,6-9,11,17H2,1-2H3,(H,18,20). The Balaban J connectivity index is 1.96. The summed E-state index contributed by atoms with van der Waals surface area (Å²) in [5.74, 6) is 0.0205. The summed E-state index contributed by atoms with van der Waals surface area (Å²) in [5.41, 5.74) is 7.44. The van der Waals surface area contributed by atoms with Gasteiger partial charge in [0.25, 0.3) is 0 Å². The molecule has 21 heavy (non-hydrogen) atoms. The Morgan fingerprint density at radius 1 is 1.52 bits per heavy atom. The second kappa shape index (κ2) is 7.54. The average molecular weight is 291 g/mol. The molecule has 1 aliphatic rings. The van der Waals surface area contributed by atoms with Gasteiger partial charge in [-0.05, 0) is 37.5 Å². The highest BCUT2D eigenvalue weighted by Crippen LogP contribution is 2.28. The van der Waals surface area contributed by atoms with Gasteiger partial charge in [0.15, 0.2) is 0 Å². The Bertz CT molecular complexity index is 474. The van der Waals surface area contributed by atoms with Gasteiger partial charge in [0, 0.05) is 31.9 Å². The minimum atomic E-state index is -0.158. The molecule has 1 saturated carbocycles. The SMILES string of the molecule is COCCN(C1CC1)C(C)C(=O)Nc1cccc(CN)c1. The molecule has 1 aromatic carbocycles. The monoisotopic (exact) mass is 291 g/mol. The lowest BCUT2D eigenvalue weighted by molar-refractivity contribution is -0.121. The van der Waals surface area contributed by atoms with Crippen molar-refractivity contribution in [3.63, 3.8) is 0 Å². The van der Waals surface area contributed by atoms with Crippen LogP contribution in [0.1, 0.15) is 25.3 Å². The largest absolute Gasteiger partial charge is 0.383 e. The first-order valence-electron chi connectivity index (χ1n) is 7.50. The van der Waals surface area contributed by atoms with Crippen LogP contribution in [-0.4, -0.2) is 43.2 Å². The summed E-state index contributed by atoms with van der Waals surface area (Å²) in [4.78, 5) is 14.7. The number of anilines is 1. The Labute approximate surface area is 126 Å². The number of hydrogen-bond acceptors (Lipinski definition) is 4. The molecule has 0 radical (unpaired) electrons. The van der Waals surface area contributed by atoms with E-state index in [4.69, 9.17) is 10.5 Å². The molecule has 1 amide bonds. The van der Waals surface area contributed by atoms with Gasteiger partial charge in [-0.2, -0.15) is 0 Å². The predicted octanol–water partition coefficient (Wildman–Crippen LogP) is 1.58. The molecule has 0 aromatic heterocycles. The minimum absolute atomic E-state index is 0.0205. The molecule has 0 aliphatic heterocycles. The molecule has 1 unspecified atom stereocenters. The maximum Gasteiger partial charge on any atom is 0.241 e. The van der Waals surface area contributed by atoms with Crippen LogP contribution in [0.2, 0.25) is 0 Å². The molecule has 0 heterocycles. The van der Waals surface area contributed by atoms with Gasteiger partial charge in [-0.1, -0.05) is 12.1 Å². The van der Waals surface area contributed by atoms with Crippen LogP contribution in [0.5, 0.6) is 0 Å². The van der Waals surface area contributed by atoms with Crippen LogP contribution in [0.15, 0.2) is 24.3 Å². The van der Waals surface area contributed by atoms with Crippen molar-refractivity contribution in [1.82, 2.24) is 4.90 Å². The first-order valence-corrected chi connectivity index (χ1v) is 7.50. The van der Waals surface area contributed by atoms with Crippen molar-refractivity contribution >= 4 is 11.6 Å². The van der Waals surface area contributed by atoms with E-state index < -0.39 is 0 Å². The third-order valence-corrected chi connectivity index (χ3v) is 3.88. The van der Waals surface area contributed by atoms with Crippen LogP contribution in [0.4, 0.5) is 5.69 Å². The summed E-state index contributed by atoms with van der Waals surface area (Å²) in [6, 6.07) is 8.03. The van der Waals surface area contributed by atoms with E-state index in [0.717, 1.165) is 17.8 Å². The predicted molar refractivity (Wildman–Crippen MR) is 84.0 cm³/mol. The summed E-state index contributed by atoms with van der Waals surface area (Å²) in [5, 5.41) is 2.98.